The van der Waals surface area contributed by atoms with Gasteiger partial charge in [-0.15, -0.1) is 11.3 Å². The number of hydrogen-bond donors (Lipinski definition) is 1. The largest absolute Gasteiger partial charge is 0.298 e. The summed E-state index contributed by atoms with van der Waals surface area (Å²) in [5, 5.41) is 8.69. The number of rotatable bonds is 3. The van der Waals surface area contributed by atoms with Gasteiger partial charge >= 0.3 is 0 Å². The molecule has 7 heteroatoms. The molecular formula is C20H19N5OS. The molecule has 0 saturated heterocycles. The molecule has 0 bridgehead atoms. The molecule has 27 heavy (non-hydrogen) atoms. The van der Waals surface area contributed by atoms with Crippen LogP contribution in [0.3, 0.4) is 0 Å². The van der Waals surface area contributed by atoms with Crippen molar-refractivity contribution in [3.05, 3.63) is 58.2 Å². The van der Waals surface area contributed by atoms with Gasteiger partial charge in [0.05, 0.1) is 17.0 Å². The number of thiazole rings is 1. The van der Waals surface area contributed by atoms with Crippen LogP contribution in [0.25, 0.3) is 22.3 Å². The third-order valence-corrected chi connectivity index (χ3v) is 5.35. The highest BCUT2D eigenvalue weighted by molar-refractivity contribution is 7.16. The van der Waals surface area contributed by atoms with Gasteiger partial charge in [-0.2, -0.15) is 5.10 Å². The lowest BCUT2D eigenvalue weighted by atomic mass is 10.1. The molecule has 136 valence electrons. The Bertz CT molecular complexity index is 1160. The fraction of sp³-hybridized carbons (Fsp3) is 0.200. The van der Waals surface area contributed by atoms with Crippen LogP contribution in [0.2, 0.25) is 0 Å². The first kappa shape index (κ1) is 17.4. The lowest BCUT2D eigenvalue weighted by Gasteiger charge is -2.02. The van der Waals surface area contributed by atoms with Crippen LogP contribution in [-0.4, -0.2) is 25.7 Å². The van der Waals surface area contributed by atoms with Crippen molar-refractivity contribution in [2.24, 2.45) is 7.05 Å². The Morgan fingerprint density at radius 1 is 1.15 bits per heavy atom. The third-order valence-electron chi connectivity index (χ3n) is 4.47. The van der Waals surface area contributed by atoms with Crippen molar-refractivity contribution < 1.29 is 4.79 Å². The number of amides is 1. The summed E-state index contributed by atoms with van der Waals surface area (Å²) in [5.41, 5.74) is 5.24. The van der Waals surface area contributed by atoms with E-state index in [4.69, 9.17) is 0 Å². The first-order chi connectivity index (χ1) is 12.9. The Morgan fingerprint density at radius 2 is 1.89 bits per heavy atom. The number of carbonyl (C=O) groups excluding carboxylic acids is 1. The van der Waals surface area contributed by atoms with Gasteiger partial charge in [0.15, 0.2) is 10.8 Å². The van der Waals surface area contributed by atoms with Crippen molar-refractivity contribution in [2.45, 2.75) is 20.8 Å². The molecule has 0 aliphatic carbocycles. The minimum absolute atomic E-state index is 0.225. The van der Waals surface area contributed by atoms with Gasteiger partial charge < -0.3 is 0 Å². The van der Waals surface area contributed by atoms with Gasteiger partial charge in [0.1, 0.15) is 0 Å². The van der Waals surface area contributed by atoms with Crippen molar-refractivity contribution in [3.63, 3.8) is 0 Å². The monoisotopic (exact) mass is 377 g/mol. The molecule has 0 fully saturated rings. The Labute approximate surface area is 160 Å². The van der Waals surface area contributed by atoms with E-state index in [-0.39, 0.29) is 5.91 Å². The minimum atomic E-state index is -0.225. The summed E-state index contributed by atoms with van der Waals surface area (Å²) >= 11 is 1.47. The summed E-state index contributed by atoms with van der Waals surface area (Å²) in [6.07, 6.45) is 1.57. The van der Waals surface area contributed by atoms with Crippen LogP contribution >= 0.6 is 11.3 Å². The number of hydrogen-bond acceptors (Lipinski definition) is 5. The number of fused-ring (bicyclic) bond motifs is 1. The molecular weight excluding hydrogens is 358 g/mol. The van der Waals surface area contributed by atoms with E-state index in [1.165, 1.54) is 16.9 Å². The van der Waals surface area contributed by atoms with Gasteiger partial charge in [-0.25, -0.2) is 9.97 Å². The normalized spacial score (nSPS) is 11.1. The first-order valence-corrected chi connectivity index (χ1v) is 9.39. The molecule has 0 spiro atoms. The van der Waals surface area contributed by atoms with Crippen molar-refractivity contribution in [1.29, 1.82) is 0 Å². The summed E-state index contributed by atoms with van der Waals surface area (Å²) in [4.78, 5) is 22.7. The Morgan fingerprint density at radius 3 is 2.63 bits per heavy atom. The zero-order chi connectivity index (χ0) is 19.1. The maximum Gasteiger partial charge on any atom is 0.259 e. The average Bonchev–Trinajstić information content (AvgIpc) is 3.15. The highest BCUT2D eigenvalue weighted by Gasteiger charge is 2.15. The third kappa shape index (κ3) is 3.21. The predicted octanol–water partition coefficient (Wildman–Crippen LogP) is 4.27. The summed E-state index contributed by atoms with van der Waals surface area (Å²) in [6, 6.07) is 10.0. The zero-order valence-electron chi connectivity index (χ0n) is 15.6. The number of benzene rings is 1. The van der Waals surface area contributed by atoms with Gasteiger partial charge in [0.2, 0.25) is 0 Å². The minimum Gasteiger partial charge on any atom is -0.298 e. The topological polar surface area (TPSA) is 72.7 Å². The molecule has 0 atom stereocenters. The van der Waals surface area contributed by atoms with Gasteiger partial charge in [0, 0.05) is 29.1 Å². The summed E-state index contributed by atoms with van der Waals surface area (Å²) < 4.78 is 1.71. The van der Waals surface area contributed by atoms with Gasteiger partial charge in [0.25, 0.3) is 5.91 Å². The Kier molecular flexibility index (Phi) is 4.24. The Hall–Kier alpha value is -3.06. The van der Waals surface area contributed by atoms with E-state index in [2.05, 4.69) is 39.4 Å². The molecule has 0 radical (unpaired) electrons. The second-order valence-electron chi connectivity index (χ2n) is 6.55. The molecule has 1 N–H and O–H groups in total. The van der Waals surface area contributed by atoms with Gasteiger partial charge in [-0.1, -0.05) is 29.8 Å². The van der Waals surface area contributed by atoms with Gasteiger partial charge in [-0.3, -0.25) is 14.8 Å². The number of nitrogens with zero attached hydrogens (tertiary/aromatic N) is 4. The van der Waals surface area contributed by atoms with Crippen molar-refractivity contribution in [1.82, 2.24) is 19.7 Å². The number of anilines is 1. The van der Waals surface area contributed by atoms with E-state index in [1.807, 2.05) is 39.1 Å². The highest BCUT2D eigenvalue weighted by atomic mass is 32.1. The van der Waals surface area contributed by atoms with Crippen LogP contribution in [0.1, 0.15) is 26.5 Å². The van der Waals surface area contributed by atoms with Crippen LogP contribution < -0.4 is 5.32 Å². The first-order valence-electron chi connectivity index (χ1n) is 8.57. The molecule has 3 aromatic heterocycles. The maximum absolute atomic E-state index is 12.7. The van der Waals surface area contributed by atoms with Crippen LogP contribution in [0.15, 0.2) is 36.5 Å². The molecule has 3 heterocycles. The standard InChI is InChI=1S/C20H19N5OS/c1-11-5-7-14(8-6-11)17-13(3)27-20(22-17)23-19(26)15-9-16-12(2)24-25(4)18(16)21-10-15/h5-10H,1-4H3,(H,22,23,26). The SMILES string of the molecule is Cc1ccc(-c2nc(NC(=O)c3cnc4c(c3)c(C)nn4C)sc2C)cc1. The van der Waals surface area contributed by atoms with Gasteiger partial charge in [-0.05, 0) is 26.8 Å². The quantitative estimate of drug-likeness (QED) is 0.579. The predicted molar refractivity (Wildman–Crippen MR) is 108 cm³/mol. The van der Waals surface area contributed by atoms with Crippen LogP contribution in [0.5, 0.6) is 0 Å². The molecule has 1 aromatic carbocycles. The van der Waals surface area contributed by atoms with Crippen molar-refractivity contribution in [2.75, 3.05) is 5.32 Å². The molecule has 0 aliphatic heterocycles. The lowest BCUT2D eigenvalue weighted by Crippen LogP contribution is -2.12. The van der Waals surface area contributed by atoms with Crippen molar-refractivity contribution in [3.8, 4) is 11.3 Å². The number of pyridine rings is 1. The number of aromatic nitrogens is 4. The van der Waals surface area contributed by atoms with Crippen LogP contribution in [0, 0.1) is 20.8 Å². The number of carbonyl (C=O) groups is 1. The van der Waals surface area contributed by atoms with Crippen LogP contribution in [-0.2, 0) is 7.05 Å². The summed E-state index contributed by atoms with van der Waals surface area (Å²) in [6.45, 7) is 5.97. The molecule has 6 nitrogen and oxygen atoms in total. The maximum atomic E-state index is 12.7. The average molecular weight is 377 g/mol. The number of aryl methyl sites for hydroxylation is 4. The van der Waals surface area contributed by atoms with E-state index in [1.54, 1.807) is 10.9 Å². The second kappa shape index (κ2) is 6.59. The van der Waals surface area contributed by atoms with E-state index in [0.717, 1.165) is 32.9 Å². The zero-order valence-corrected chi connectivity index (χ0v) is 16.4. The molecule has 4 rings (SSSR count). The molecule has 0 aliphatic rings. The van der Waals surface area contributed by atoms with E-state index >= 15 is 0 Å². The molecule has 1 amide bonds. The van der Waals surface area contributed by atoms with E-state index in [0.29, 0.717) is 10.7 Å². The highest BCUT2D eigenvalue weighted by Crippen LogP contribution is 2.30. The second-order valence-corrected chi connectivity index (χ2v) is 7.75. The number of nitrogens with one attached hydrogen (secondary N) is 1. The summed E-state index contributed by atoms with van der Waals surface area (Å²) in [7, 11) is 1.84. The fourth-order valence-corrected chi connectivity index (χ4v) is 3.86. The van der Waals surface area contributed by atoms with Crippen molar-refractivity contribution >= 4 is 33.4 Å². The van der Waals surface area contributed by atoms with E-state index in [9.17, 15) is 4.79 Å². The van der Waals surface area contributed by atoms with Crippen LogP contribution in [0.4, 0.5) is 5.13 Å². The fourth-order valence-electron chi connectivity index (χ4n) is 3.03. The summed E-state index contributed by atoms with van der Waals surface area (Å²) in [5.74, 6) is -0.225. The Balaban J connectivity index is 1.61. The van der Waals surface area contributed by atoms with E-state index < -0.39 is 0 Å². The lowest BCUT2D eigenvalue weighted by molar-refractivity contribution is 0.102. The molecule has 0 saturated carbocycles. The molecule has 4 aromatic rings. The molecule has 0 unspecified atom stereocenters. The smallest absolute Gasteiger partial charge is 0.259 e.